The number of benzene rings is 2. The monoisotopic (exact) mass is 600 g/mol. The van der Waals surface area contributed by atoms with Crippen LogP contribution in [0.2, 0.25) is 0 Å². The molecule has 0 saturated heterocycles. The Morgan fingerprint density at radius 1 is 0.833 bits per heavy atom. The van der Waals surface area contributed by atoms with Crippen LogP contribution in [0.4, 0.5) is 0 Å². The van der Waals surface area contributed by atoms with Crippen LogP contribution in [-0.4, -0.2) is 63.9 Å². The summed E-state index contributed by atoms with van der Waals surface area (Å²) in [7, 11) is 0. The van der Waals surface area contributed by atoms with Crippen LogP contribution in [0.1, 0.15) is 37.3 Å². The summed E-state index contributed by atoms with van der Waals surface area (Å²) in [6.45, 7) is 1.81. The predicted molar refractivity (Wildman–Crippen MR) is 160 cm³/mol. The lowest BCUT2D eigenvalue weighted by Crippen LogP contribution is -2.58. The summed E-state index contributed by atoms with van der Waals surface area (Å²) in [5, 5.41) is 17.8. The Labute approximate surface area is 249 Å². The number of primary amides is 1. The highest BCUT2D eigenvalue weighted by Gasteiger charge is 2.31. The molecular weight excluding hydrogens is 564 g/mol. The summed E-state index contributed by atoms with van der Waals surface area (Å²) in [6, 6.07) is 11.7. The van der Waals surface area contributed by atoms with Crippen LogP contribution in [0.15, 0.2) is 60.8 Å². The summed E-state index contributed by atoms with van der Waals surface area (Å²) in [5.41, 5.74) is 14.1. The Kier molecular flexibility index (Phi) is 13.0. The van der Waals surface area contributed by atoms with Gasteiger partial charge in [0.2, 0.25) is 23.6 Å². The summed E-state index contributed by atoms with van der Waals surface area (Å²) < 4.78 is 0. The highest BCUT2D eigenvalue weighted by atomic mass is 35.5. The zero-order valence-corrected chi connectivity index (χ0v) is 24.0. The number of aromatic nitrogens is 1. The second-order valence-electron chi connectivity index (χ2n) is 9.83. The molecule has 0 aliphatic heterocycles. The van der Waals surface area contributed by atoms with Gasteiger partial charge in [-0.1, -0.05) is 61.9 Å². The van der Waals surface area contributed by atoms with Crippen molar-refractivity contribution in [1.29, 1.82) is 0 Å². The van der Waals surface area contributed by atoms with Gasteiger partial charge in [-0.25, -0.2) is 0 Å². The fraction of sp³-hybridized carbons (Fsp3) is 0.345. The number of carbonyl (C=O) groups excluding carboxylic acids is 4. The number of fused-ring (bicyclic) bond motifs is 1. The molecule has 0 saturated carbocycles. The summed E-state index contributed by atoms with van der Waals surface area (Å²) in [6.07, 6.45) is 2.06. The molecule has 226 valence electrons. The van der Waals surface area contributed by atoms with E-state index < -0.39 is 60.2 Å². The average Bonchev–Trinajstić information content (AvgIpc) is 3.34. The maximum Gasteiger partial charge on any atom is 0.305 e. The molecular formula is C29H37ClN6O6. The Balaban J connectivity index is 0.00000616. The number of halogens is 1. The predicted octanol–water partition coefficient (Wildman–Crippen LogP) is 0.917. The topological polar surface area (TPSA) is 209 Å². The molecule has 42 heavy (non-hydrogen) atoms. The van der Waals surface area contributed by atoms with Gasteiger partial charge in [-0.3, -0.25) is 24.0 Å². The van der Waals surface area contributed by atoms with Gasteiger partial charge in [0.15, 0.2) is 0 Å². The highest BCUT2D eigenvalue weighted by Crippen LogP contribution is 2.19. The van der Waals surface area contributed by atoms with E-state index in [1.807, 2.05) is 24.3 Å². The number of hydrogen-bond acceptors (Lipinski definition) is 6. The minimum absolute atomic E-state index is 0. The second kappa shape index (κ2) is 16.1. The minimum atomic E-state index is -1.52. The maximum atomic E-state index is 13.2. The third kappa shape index (κ3) is 9.60. The van der Waals surface area contributed by atoms with E-state index in [2.05, 4.69) is 20.9 Å². The molecule has 4 amide bonds. The van der Waals surface area contributed by atoms with E-state index in [4.69, 9.17) is 11.5 Å². The summed E-state index contributed by atoms with van der Waals surface area (Å²) in [4.78, 5) is 65.7. The van der Waals surface area contributed by atoms with Gasteiger partial charge < -0.3 is 37.5 Å². The van der Waals surface area contributed by atoms with Crippen LogP contribution >= 0.6 is 12.4 Å². The number of carbonyl (C=O) groups is 5. The van der Waals surface area contributed by atoms with Crippen molar-refractivity contribution >= 4 is 52.9 Å². The number of aromatic amines is 1. The SMILES string of the molecule is CCC[C@H](NC(=O)[C@@H](N)Cc1c[nH]c2ccccc12)C(=O)N[C@@H](CC(=O)O)C(=O)N[C@@H](Cc1ccccc1)C(N)=O.Cl. The molecule has 3 aromatic rings. The lowest BCUT2D eigenvalue weighted by atomic mass is 10.0. The average molecular weight is 601 g/mol. The van der Waals surface area contributed by atoms with E-state index in [0.29, 0.717) is 6.42 Å². The number of carboxylic acid groups (broad SMARTS) is 1. The molecule has 9 N–H and O–H groups in total. The normalized spacial score (nSPS) is 13.6. The molecule has 1 aromatic heterocycles. The van der Waals surface area contributed by atoms with Crippen molar-refractivity contribution in [3.05, 3.63) is 71.9 Å². The van der Waals surface area contributed by atoms with Crippen molar-refractivity contribution in [2.45, 2.75) is 63.2 Å². The Bertz CT molecular complexity index is 1380. The van der Waals surface area contributed by atoms with Crippen molar-refractivity contribution in [2.24, 2.45) is 11.5 Å². The van der Waals surface area contributed by atoms with Gasteiger partial charge in [-0.05, 0) is 30.0 Å². The van der Waals surface area contributed by atoms with E-state index in [9.17, 15) is 29.1 Å². The van der Waals surface area contributed by atoms with Crippen molar-refractivity contribution in [3.63, 3.8) is 0 Å². The third-order valence-electron chi connectivity index (χ3n) is 6.62. The molecule has 0 aliphatic rings. The zero-order valence-electron chi connectivity index (χ0n) is 23.2. The number of para-hydroxylation sites is 1. The van der Waals surface area contributed by atoms with Gasteiger partial charge in [0.1, 0.15) is 18.1 Å². The van der Waals surface area contributed by atoms with E-state index in [-0.39, 0.29) is 31.7 Å². The first-order valence-electron chi connectivity index (χ1n) is 13.4. The minimum Gasteiger partial charge on any atom is -0.481 e. The Morgan fingerprint density at radius 3 is 2.07 bits per heavy atom. The molecule has 12 nitrogen and oxygen atoms in total. The van der Waals surface area contributed by atoms with Gasteiger partial charge in [0.05, 0.1) is 12.5 Å². The van der Waals surface area contributed by atoms with Crippen molar-refractivity contribution in [2.75, 3.05) is 0 Å². The largest absolute Gasteiger partial charge is 0.481 e. The number of amides is 4. The number of aliphatic carboxylic acids is 1. The van der Waals surface area contributed by atoms with Crippen LogP contribution in [0.5, 0.6) is 0 Å². The molecule has 4 atom stereocenters. The van der Waals surface area contributed by atoms with Gasteiger partial charge in [0, 0.05) is 23.5 Å². The first-order valence-corrected chi connectivity index (χ1v) is 13.4. The Hall–Kier alpha value is -4.42. The van der Waals surface area contributed by atoms with Gasteiger partial charge >= 0.3 is 5.97 Å². The molecule has 2 aromatic carbocycles. The molecule has 13 heteroatoms. The lowest BCUT2D eigenvalue weighted by Gasteiger charge is -2.24. The van der Waals surface area contributed by atoms with Crippen molar-refractivity contribution in [1.82, 2.24) is 20.9 Å². The fourth-order valence-corrected chi connectivity index (χ4v) is 4.47. The van der Waals surface area contributed by atoms with Crippen LogP contribution < -0.4 is 27.4 Å². The van der Waals surface area contributed by atoms with Gasteiger partial charge in [0.25, 0.3) is 0 Å². The molecule has 1 heterocycles. The first kappa shape index (κ1) is 33.8. The molecule has 0 aliphatic carbocycles. The fourth-order valence-electron chi connectivity index (χ4n) is 4.47. The number of nitrogens with two attached hydrogens (primary N) is 2. The van der Waals surface area contributed by atoms with Crippen molar-refractivity contribution in [3.8, 4) is 0 Å². The molecule has 0 radical (unpaired) electrons. The van der Waals surface area contributed by atoms with E-state index >= 15 is 0 Å². The van der Waals surface area contributed by atoms with Crippen LogP contribution in [0.3, 0.4) is 0 Å². The summed E-state index contributed by atoms with van der Waals surface area (Å²) in [5.74, 6) is -4.37. The van der Waals surface area contributed by atoms with Crippen LogP contribution in [0, 0.1) is 0 Å². The van der Waals surface area contributed by atoms with Crippen LogP contribution in [0.25, 0.3) is 10.9 Å². The number of rotatable bonds is 15. The molecule has 0 spiro atoms. The number of carboxylic acids is 1. The molecule has 0 bridgehead atoms. The smallest absolute Gasteiger partial charge is 0.305 e. The first-order chi connectivity index (χ1) is 19.6. The maximum absolute atomic E-state index is 13.2. The van der Waals surface area contributed by atoms with E-state index in [0.717, 1.165) is 22.0 Å². The molecule has 3 rings (SSSR count). The Morgan fingerprint density at radius 2 is 1.43 bits per heavy atom. The highest BCUT2D eigenvalue weighted by molar-refractivity contribution is 5.96. The summed E-state index contributed by atoms with van der Waals surface area (Å²) >= 11 is 0. The number of hydrogen-bond donors (Lipinski definition) is 7. The standard InChI is InChI=1S/C29H36N6O6.ClH/c1-2-8-22(33-27(39)20(30)14-18-16-32-21-12-7-6-11-19(18)21)28(40)35-24(15-25(36)37)29(41)34-23(26(31)38)13-17-9-4-3-5-10-17;/h3-7,9-12,16,20,22-24,32H,2,8,13-15,30H2,1H3,(H2,31,38)(H,33,39)(H,34,41)(H,35,40)(H,36,37);1H/t20-,22-,23-,24-;/m0./s1. The van der Waals surface area contributed by atoms with Gasteiger partial charge in [-0.2, -0.15) is 0 Å². The third-order valence-corrected chi connectivity index (χ3v) is 6.62. The van der Waals surface area contributed by atoms with Crippen LogP contribution in [-0.2, 0) is 36.8 Å². The number of H-pyrrole nitrogens is 1. The van der Waals surface area contributed by atoms with E-state index in [1.54, 1.807) is 43.5 Å². The van der Waals surface area contributed by atoms with Crippen molar-refractivity contribution < 1.29 is 29.1 Å². The van der Waals surface area contributed by atoms with Gasteiger partial charge in [-0.15, -0.1) is 12.4 Å². The quantitative estimate of drug-likeness (QED) is 0.134. The molecule has 0 unspecified atom stereocenters. The zero-order chi connectivity index (χ0) is 29.9. The number of nitrogens with one attached hydrogen (secondary N) is 4. The molecule has 0 fully saturated rings. The lowest BCUT2D eigenvalue weighted by molar-refractivity contribution is -0.141. The second-order valence-corrected chi connectivity index (χ2v) is 9.83. The van der Waals surface area contributed by atoms with E-state index in [1.165, 1.54) is 0 Å².